The third kappa shape index (κ3) is 4.43. The van der Waals surface area contributed by atoms with E-state index in [4.69, 9.17) is 0 Å². The molecule has 0 fully saturated rings. The lowest BCUT2D eigenvalue weighted by molar-refractivity contribution is -0.129. The fourth-order valence-electron chi connectivity index (χ4n) is 2.14. The van der Waals surface area contributed by atoms with Gasteiger partial charge in [-0.2, -0.15) is 0 Å². The van der Waals surface area contributed by atoms with Crippen molar-refractivity contribution in [2.24, 2.45) is 0 Å². The van der Waals surface area contributed by atoms with E-state index in [0.29, 0.717) is 29.4 Å². The van der Waals surface area contributed by atoms with Crippen LogP contribution >= 0.6 is 11.3 Å². The zero-order chi connectivity index (χ0) is 17.6. The van der Waals surface area contributed by atoms with E-state index in [9.17, 15) is 14.3 Å². The Kier molecular flexibility index (Phi) is 5.42. The summed E-state index contributed by atoms with van der Waals surface area (Å²) in [6, 6.07) is 6.90. The Morgan fingerprint density at radius 1 is 1.24 bits per heavy atom. The Balaban J connectivity index is 1.52. The van der Waals surface area contributed by atoms with Crippen molar-refractivity contribution in [3.8, 4) is 10.8 Å². The summed E-state index contributed by atoms with van der Waals surface area (Å²) in [4.78, 5) is 24.7. The van der Waals surface area contributed by atoms with Gasteiger partial charge >= 0.3 is 0 Å². The first-order valence-electron chi connectivity index (χ1n) is 7.56. The van der Waals surface area contributed by atoms with E-state index < -0.39 is 17.8 Å². The van der Waals surface area contributed by atoms with Crippen LogP contribution < -0.4 is 5.32 Å². The van der Waals surface area contributed by atoms with E-state index in [2.05, 4.69) is 20.3 Å². The number of nitrogens with one attached hydrogen (secondary N) is 1. The van der Waals surface area contributed by atoms with E-state index in [1.807, 2.05) is 5.38 Å². The number of aliphatic hydroxyl groups excluding tert-OH is 1. The van der Waals surface area contributed by atoms with Crippen LogP contribution in [0.4, 0.5) is 4.39 Å². The van der Waals surface area contributed by atoms with Crippen LogP contribution in [0.2, 0.25) is 0 Å². The molecule has 0 saturated carbocycles. The lowest BCUT2D eigenvalue weighted by atomic mass is 10.1. The van der Waals surface area contributed by atoms with Crippen LogP contribution in [0.25, 0.3) is 10.8 Å². The van der Waals surface area contributed by atoms with Gasteiger partial charge in [-0.1, -0.05) is 12.1 Å². The van der Waals surface area contributed by atoms with Gasteiger partial charge < -0.3 is 10.4 Å². The SMILES string of the molecule is O=C(NCCc1csc(-c2ncccn2)n1)[C@@H](O)c1ccc(F)cc1. The minimum absolute atomic E-state index is 0.329. The summed E-state index contributed by atoms with van der Waals surface area (Å²) >= 11 is 1.43. The maximum Gasteiger partial charge on any atom is 0.253 e. The molecular weight excluding hydrogens is 343 g/mol. The third-order valence-corrected chi connectivity index (χ3v) is 4.31. The number of amides is 1. The number of hydrogen-bond donors (Lipinski definition) is 2. The van der Waals surface area contributed by atoms with Crippen LogP contribution in [-0.2, 0) is 11.2 Å². The summed E-state index contributed by atoms with van der Waals surface area (Å²) in [7, 11) is 0. The van der Waals surface area contributed by atoms with Crippen LogP contribution in [0.15, 0.2) is 48.1 Å². The van der Waals surface area contributed by atoms with Crippen molar-refractivity contribution in [2.45, 2.75) is 12.5 Å². The van der Waals surface area contributed by atoms with E-state index in [1.54, 1.807) is 18.5 Å². The zero-order valence-corrected chi connectivity index (χ0v) is 13.9. The highest BCUT2D eigenvalue weighted by atomic mass is 32.1. The van der Waals surface area contributed by atoms with Gasteiger partial charge in [0.15, 0.2) is 16.9 Å². The van der Waals surface area contributed by atoms with Gasteiger partial charge in [0.25, 0.3) is 5.91 Å². The van der Waals surface area contributed by atoms with Crippen molar-refractivity contribution in [3.05, 3.63) is 65.2 Å². The predicted octanol–water partition coefficient (Wildman–Crippen LogP) is 2.13. The number of benzene rings is 1. The highest BCUT2D eigenvalue weighted by Crippen LogP contribution is 2.19. The average molecular weight is 358 g/mol. The van der Waals surface area contributed by atoms with Gasteiger partial charge in [0.1, 0.15) is 5.82 Å². The standard InChI is InChI=1S/C17H15FN4O2S/c18-12-4-2-11(3-5-12)14(23)16(24)21-9-6-13-10-25-17(22-13)15-19-7-1-8-20-15/h1-5,7-8,10,14,23H,6,9H2,(H,21,24)/t14-/m0/s1. The summed E-state index contributed by atoms with van der Waals surface area (Å²) in [5.41, 5.74) is 1.15. The van der Waals surface area contributed by atoms with E-state index >= 15 is 0 Å². The van der Waals surface area contributed by atoms with Gasteiger partial charge in [-0.15, -0.1) is 11.3 Å². The lowest BCUT2D eigenvalue weighted by Gasteiger charge is -2.11. The van der Waals surface area contributed by atoms with Crippen molar-refractivity contribution < 1.29 is 14.3 Å². The second-order valence-electron chi connectivity index (χ2n) is 5.21. The molecule has 0 aliphatic heterocycles. The molecule has 3 rings (SSSR count). The fourth-order valence-corrected chi connectivity index (χ4v) is 2.94. The molecule has 25 heavy (non-hydrogen) atoms. The first-order chi connectivity index (χ1) is 12.1. The molecule has 0 aliphatic carbocycles. The van der Waals surface area contributed by atoms with Gasteiger partial charge in [0.2, 0.25) is 0 Å². The Bertz CT molecular complexity index is 839. The van der Waals surface area contributed by atoms with Crippen molar-refractivity contribution in [1.29, 1.82) is 0 Å². The van der Waals surface area contributed by atoms with Crippen molar-refractivity contribution in [3.63, 3.8) is 0 Å². The molecule has 1 atom stereocenters. The van der Waals surface area contributed by atoms with Gasteiger partial charge in [-0.05, 0) is 23.8 Å². The van der Waals surface area contributed by atoms with Crippen molar-refractivity contribution >= 4 is 17.2 Å². The number of hydrogen-bond acceptors (Lipinski definition) is 6. The number of carbonyl (C=O) groups is 1. The van der Waals surface area contributed by atoms with Crippen LogP contribution in [0.3, 0.4) is 0 Å². The molecule has 0 saturated heterocycles. The summed E-state index contributed by atoms with van der Waals surface area (Å²) in [5, 5.41) is 15.2. The van der Waals surface area contributed by atoms with Crippen LogP contribution in [0.1, 0.15) is 17.4 Å². The van der Waals surface area contributed by atoms with Gasteiger partial charge in [-0.3, -0.25) is 4.79 Å². The van der Waals surface area contributed by atoms with Gasteiger partial charge in [0.05, 0.1) is 5.69 Å². The Morgan fingerprint density at radius 2 is 1.96 bits per heavy atom. The molecule has 128 valence electrons. The largest absolute Gasteiger partial charge is 0.378 e. The van der Waals surface area contributed by atoms with Crippen LogP contribution in [0, 0.1) is 5.82 Å². The second kappa shape index (κ2) is 7.91. The fraction of sp³-hybridized carbons (Fsp3) is 0.176. The van der Waals surface area contributed by atoms with Crippen molar-refractivity contribution in [2.75, 3.05) is 6.54 Å². The Morgan fingerprint density at radius 3 is 2.68 bits per heavy atom. The third-order valence-electron chi connectivity index (χ3n) is 3.42. The number of carbonyl (C=O) groups excluding carboxylic acids is 1. The molecule has 0 unspecified atom stereocenters. The number of rotatable bonds is 6. The Hall–Kier alpha value is -2.71. The molecule has 1 amide bonds. The van der Waals surface area contributed by atoms with E-state index in [-0.39, 0.29) is 0 Å². The molecule has 2 aromatic heterocycles. The molecule has 0 radical (unpaired) electrons. The number of nitrogens with zero attached hydrogens (tertiary/aromatic N) is 3. The van der Waals surface area contributed by atoms with Gasteiger partial charge in [0, 0.05) is 30.7 Å². The van der Waals surface area contributed by atoms with Crippen LogP contribution in [-0.4, -0.2) is 32.5 Å². The minimum atomic E-state index is -1.33. The molecule has 8 heteroatoms. The normalized spacial score (nSPS) is 11.9. The second-order valence-corrected chi connectivity index (χ2v) is 6.07. The van der Waals surface area contributed by atoms with Gasteiger partial charge in [-0.25, -0.2) is 19.3 Å². The maximum absolute atomic E-state index is 12.9. The summed E-state index contributed by atoms with van der Waals surface area (Å²) < 4.78 is 12.9. The minimum Gasteiger partial charge on any atom is -0.378 e. The Labute approximate surface area is 147 Å². The average Bonchev–Trinajstić information content (AvgIpc) is 3.11. The molecule has 2 N–H and O–H groups in total. The van der Waals surface area contributed by atoms with E-state index in [1.165, 1.54) is 35.6 Å². The van der Waals surface area contributed by atoms with Crippen molar-refractivity contribution in [1.82, 2.24) is 20.3 Å². The summed E-state index contributed by atoms with van der Waals surface area (Å²) in [6.07, 6.45) is 2.50. The molecular formula is C17H15FN4O2S. The molecule has 3 aromatic rings. The quantitative estimate of drug-likeness (QED) is 0.705. The number of thiazole rings is 1. The smallest absolute Gasteiger partial charge is 0.253 e. The maximum atomic E-state index is 12.9. The number of aliphatic hydroxyl groups is 1. The monoisotopic (exact) mass is 358 g/mol. The molecule has 0 spiro atoms. The molecule has 0 bridgehead atoms. The summed E-state index contributed by atoms with van der Waals surface area (Å²) in [6.45, 7) is 0.329. The highest BCUT2D eigenvalue weighted by Gasteiger charge is 2.17. The molecule has 1 aromatic carbocycles. The molecule has 2 heterocycles. The molecule has 0 aliphatic rings. The highest BCUT2D eigenvalue weighted by molar-refractivity contribution is 7.13. The number of aromatic nitrogens is 3. The summed E-state index contributed by atoms with van der Waals surface area (Å²) in [5.74, 6) is -0.388. The van der Waals surface area contributed by atoms with E-state index in [0.717, 1.165) is 5.69 Å². The predicted molar refractivity (Wildman–Crippen MR) is 91.2 cm³/mol. The van der Waals surface area contributed by atoms with Crippen LogP contribution in [0.5, 0.6) is 0 Å². The molecule has 6 nitrogen and oxygen atoms in total. The lowest BCUT2D eigenvalue weighted by Crippen LogP contribution is -2.31. The first kappa shape index (κ1) is 17.1. The zero-order valence-electron chi connectivity index (χ0n) is 13.1. The first-order valence-corrected chi connectivity index (χ1v) is 8.44. The number of halogens is 1. The topological polar surface area (TPSA) is 88.0 Å².